The monoisotopic (exact) mass is 676 g/mol. The van der Waals surface area contributed by atoms with E-state index in [1.54, 1.807) is 0 Å². The van der Waals surface area contributed by atoms with Crippen LogP contribution in [0.15, 0.2) is 195 Å². The van der Waals surface area contributed by atoms with Crippen molar-refractivity contribution in [3.63, 3.8) is 0 Å². The fraction of sp³-hybridized carbons (Fsp3) is 0.0204. The maximum atomic E-state index is 5.12. The van der Waals surface area contributed by atoms with E-state index in [0.717, 1.165) is 50.4 Å². The van der Waals surface area contributed by atoms with Crippen LogP contribution in [0.2, 0.25) is 0 Å². The lowest BCUT2D eigenvalue weighted by atomic mass is 9.66. The summed E-state index contributed by atoms with van der Waals surface area (Å²) in [5.74, 6) is 0. The molecule has 0 amide bonds. The number of hydrogen-bond donors (Lipinski definition) is 0. The Balaban J connectivity index is 1.35. The molecular weight excluding hydrogens is 645 g/mol. The van der Waals surface area contributed by atoms with Gasteiger partial charge in [0, 0.05) is 24.0 Å². The molecule has 0 bridgehead atoms. The first-order valence-electron chi connectivity index (χ1n) is 17.9. The van der Waals surface area contributed by atoms with Crippen molar-refractivity contribution < 1.29 is 0 Å². The second-order valence-corrected chi connectivity index (χ2v) is 13.4. The number of nitrogens with zero attached hydrogens (tertiary/aromatic N) is 4. The molecule has 1 aliphatic rings. The molecule has 0 radical (unpaired) electrons. The van der Waals surface area contributed by atoms with Crippen LogP contribution in [0, 0.1) is 0 Å². The van der Waals surface area contributed by atoms with Crippen LogP contribution in [0.4, 0.5) is 0 Å². The predicted molar refractivity (Wildman–Crippen MR) is 214 cm³/mol. The van der Waals surface area contributed by atoms with E-state index in [1.165, 1.54) is 38.9 Å². The van der Waals surface area contributed by atoms with E-state index in [0.29, 0.717) is 0 Å². The fourth-order valence-corrected chi connectivity index (χ4v) is 8.27. The van der Waals surface area contributed by atoms with E-state index in [-0.39, 0.29) is 0 Å². The molecule has 4 aromatic heterocycles. The van der Waals surface area contributed by atoms with Crippen molar-refractivity contribution in [1.29, 1.82) is 0 Å². The van der Waals surface area contributed by atoms with Gasteiger partial charge in [-0.2, -0.15) is 0 Å². The van der Waals surface area contributed by atoms with Gasteiger partial charge < -0.3 is 0 Å². The Kier molecular flexibility index (Phi) is 7.33. The highest BCUT2D eigenvalue weighted by Crippen LogP contribution is 2.61. The molecule has 0 spiro atoms. The highest BCUT2D eigenvalue weighted by atomic mass is 14.8. The molecular formula is C49H32N4. The minimum Gasteiger partial charge on any atom is -0.256 e. The summed E-state index contributed by atoms with van der Waals surface area (Å²) in [5, 5.41) is 1.12. The summed E-state index contributed by atoms with van der Waals surface area (Å²) in [6.45, 7) is 0. The van der Waals surface area contributed by atoms with Crippen LogP contribution in [-0.4, -0.2) is 19.9 Å². The van der Waals surface area contributed by atoms with E-state index in [1.807, 2.05) is 61.1 Å². The van der Waals surface area contributed by atoms with Crippen LogP contribution in [0.5, 0.6) is 0 Å². The van der Waals surface area contributed by atoms with Crippen molar-refractivity contribution >= 4 is 10.9 Å². The molecule has 4 nitrogen and oxygen atoms in total. The van der Waals surface area contributed by atoms with Crippen LogP contribution >= 0.6 is 0 Å². The third-order valence-corrected chi connectivity index (χ3v) is 10.5. The van der Waals surface area contributed by atoms with E-state index in [9.17, 15) is 0 Å². The molecule has 1 aliphatic carbocycles. The lowest BCUT2D eigenvalue weighted by Gasteiger charge is -2.35. The summed E-state index contributed by atoms with van der Waals surface area (Å²) < 4.78 is 0. The summed E-state index contributed by atoms with van der Waals surface area (Å²) in [5.41, 5.74) is 15.4. The number of fused-ring (bicyclic) bond motifs is 4. The van der Waals surface area contributed by atoms with Crippen LogP contribution in [-0.2, 0) is 5.41 Å². The summed E-state index contributed by atoms with van der Waals surface area (Å²) in [7, 11) is 0. The maximum Gasteiger partial charge on any atom is 0.0900 e. The molecule has 10 rings (SSSR count). The summed E-state index contributed by atoms with van der Waals surface area (Å²) >= 11 is 0. The molecule has 0 unspecified atom stereocenters. The van der Waals surface area contributed by atoms with Crippen molar-refractivity contribution in [2.24, 2.45) is 0 Å². The van der Waals surface area contributed by atoms with Gasteiger partial charge in [0.05, 0.1) is 33.7 Å². The average Bonchev–Trinajstić information content (AvgIpc) is 3.56. The first kappa shape index (κ1) is 30.8. The molecule has 0 N–H and O–H groups in total. The first-order valence-corrected chi connectivity index (χ1v) is 17.9. The molecule has 9 aromatic rings. The molecule has 5 aromatic carbocycles. The van der Waals surface area contributed by atoms with Crippen molar-refractivity contribution in [1.82, 2.24) is 19.9 Å². The molecule has 0 atom stereocenters. The van der Waals surface area contributed by atoms with Crippen LogP contribution < -0.4 is 0 Å². The van der Waals surface area contributed by atoms with Gasteiger partial charge in [0.15, 0.2) is 0 Å². The Morgan fingerprint density at radius 1 is 0.377 bits per heavy atom. The largest absolute Gasteiger partial charge is 0.256 e. The summed E-state index contributed by atoms with van der Waals surface area (Å²) in [6, 6.07) is 62.6. The number of rotatable bonds is 6. The second-order valence-electron chi connectivity index (χ2n) is 13.4. The Morgan fingerprint density at radius 2 is 0.981 bits per heavy atom. The topological polar surface area (TPSA) is 51.6 Å². The lowest BCUT2D eigenvalue weighted by Crippen LogP contribution is -2.29. The normalized spacial score (nSPS) is 12.7. The molecule has 0 saturated heterocycles. The van der Waals surface area contributed by atoms with Crippen molar-refractivity contribution in [3.8, 4) is 56.2 Å². The number of hydrogen-bond acceptors (Lipinski definition) is 4. The lowest BCUT2D eigenvalue weighted by molar-refractivity contribution is 0.770. The standard InChI is InChI=1S/C49H32N4/c1-3-15-36(16-4-1)49(37-17-5-2-6-18-37)41-20-8-7-19-40(41)47-38(25-26-39(48(47)49)34-24-23-33-14-13-29-52-44(33)30-34)35-31-45(42-21-9-11-27-50-42)53-46(32-35)43-22-10-12-28-51-43/h1-32H. The number of benzene rings is 5. The van der Waals surface area contributed by atoms with Gasteiger partial charge in [0.25, 0.3) is 0 Å². The zero-order valence-corrected chi connectivity index (χ0v) is 28.8. The van der Waals surface area contributed by atoms with Gasteiger partial charge in [0.1, 0.15) is 0 Å². The molecule has 4 heteroatoms. The highest BCUT2D eigenvalue weighted by Gasteiger charge is 2.48. The van der Waals surface area contributed by atoms with Gasteiger partial charge in [0.2, 0.25) is 0 Å². The minimum absolute atomic E-state index is 0.612. The van der Waals surface area contributed by atoms with Gasteiger partial charge >= 0.3 is 0 Å². The molecule has 0 aliphatic heterocycles. The number of aromatic nitrogens is 4. The number of pyridine rings is 4. The Labute approximate surface area is 308 Å². The van der Waals surface area contributed by atoms with E-state index in [4.69, 9.17) is 19.9 Å². The summed E-state index contributed by atoms with van der Waals surface area (Å²) in [4.78, 5) is 19.3. The highest BCUT2D eigenvalue weighted by molar-refractivity contribution is 6.01. The van der Waals surface area contributed by atoms with Crippen LogP contribution in [0.3, 0.4) is 0 Å². The Bertz CT molecular complexity index is 2670. The smallest absolute Gasteiger partial charge is 0.0900 e. The van der Waals surface area contributed by atoms with E-state index < -0.39 is 5.41 Å². The van der Waals surface area contributed by atoms with Crippen molar-refractivity contribution in [2.45, 2.75) is 5.41 Å². The average molecular weight is 677 g/mol. The van der Waals surface area contributed by atoms with Gasteiger partial charge in [-0.15, -0.1) is 0 Å². The van der Waals surface area contributed by atoms with Gasteiger partial charge in [-0.1, -0.05) is 127 Å². The minimum atomic E-state index is -0.612. The third kappa shape index (κ3) is 4.99. The Morgan fingerprint density at radius 3 is 1.64 bits per heavy atom. The fourth-order valence-electron chi connectivity index (χ4n) is 8.27. The first-order chi connectivity index (χ1) is 26.3. The second kappa shape index (κ2) is 12.6. The van der Waals surface area contributed by atoms with Crippen molar-refractivity contribution in [3.05, 3.63) is 217 Å². The van der Waals surface area contributed by atoms with Gasteiger partial charge in [-0.3, -0.25) is 15.0 Å². The zero-order chi connectivity index (χ0) is 35.2. The SMILES string of the molecule is c1ccc(C2(c3ccccc3)c3ccccc3-c3c(-c4cc(-c5ccccn5)nc(-c5ccccn5)c4)ccc(-c4ccc5cccnc5c4)c32)cc1. The third-order valence-electron chi connectivity index (χ3n) is 10.5. The molecule has 0 fully saturated rings. The Hall–Kier alpha value is -7.04. The van der Waals surface area contributed by atoms with E-state index >= 15 is 0 Å². The molecule has 53 heavy (non-hydrogen) atoms. The maximum absolute atomic E-state index is 5.12. The van der Waals surface area contributed by atoms with Gasteiger partial charge in [-0.25, -0.2) is 4.98 Å². The molecule has 4 heterocycles. The van der Waals surface area contributed by atoms with Crippen molar-refractivity contribution in [2.75, 3.05) is 0 Å². The summed E-state index contributed by atoms with van der Waals surface area (Å²) in [6.07, 6.45) is 5.51. The van der Waals surface area contributed by atoms with Crippen LogP contribution in [0.25, 0.3) is 67.1 Å². The van der Waals surface area contributed by atoms with Gasteiger partial charge in [-0.05, 0) is 104 Å². The zero-order valence-electron chi connectivity index (χ0n) is 28.8. The quantitative estimate of drug-likeness (QED) is 0.176. The molecule has 0 saturated carbocycles. The van der Waals surface area contributed by atoms with E-state index in [2.05, 4.69) is 133 Å². The predicted octanol–water partition coefficient (Wildman–Crippen LogP) is 11.5. The van der Waals surface area contributed by atoms with Crippen LogP contribution in [0.1, 0.15) is 22.3 Å². The molecule has 248 valence electrons.